The molecule has 1 heterocycles. The Kier molecular flexibility index (Phi) is 5.30. The van der Waals surface area contributed by atoms with E-state index in [2.05, 4.69) is 10.4 Å². The van der Waals surface area contributed by atoms with Gasteiger partial charge in [-0.3, -0.25) is 8.89 Å². The fourth-order valence-electron chi connectivity index (χ4n) is 1.46. The van der Waals surface area contributed by atoms with Crippen LogP contribution < -0.4 is 5.32 Å². The lowest BCUT2D eigenvalue weighted by Gasteiger charge is -2.06. The molecule has 0 bridgehead atoms. The van der Waals surface area contributed by atoms with Crippen molar-refractivity contribution in [2.75, 3.05) is 18.6 Å². The number of nitrogens with one attached hydrogen (secondary N) is 1. The van der Waals surface area contributed by atoms with E-state index in [1.54, 1.807) is 18.0 Å². The van der Waals surface area contributed by atoms with Crippen molar-refractivity contribution in [2.24, 2.45) is 7.05 Å². The minimum Gasteiger partial charge on any atom is -0.478 e. The molecule has 1 aromatic rings. The summed E-state index contributed by atoms with van der Waals surface area (Å²) in [7, 11) is 0.939. The van der Waals surface area contributed by atoms with Crippen molar-refractivity contribution < 1.29 is 14.1 Å². The zero-order chi connectivity index (χ0) is 12.8. The van der Waals surface area contributed by atoms with Crippen LogP contribution in [-0.2, 0) is 24.4 Å². The van der Waals surface area contributed by atoms with Crippen molar-refractivity contribution in [1.82, 2.24) is 15.1 Å². The quantitative estimate of drug-likeness (QED) is 0.672. The van der Waals surface area contributed by atoms with Gasteiger partial charge in [-0.05, 0) is 13.0 Å². The zero-order valence-corrected chi connectivity index (χ0v) is 10.8. The van der Waals surface area contributed by atoms with Gasteiger partial charge in [0.2, 0.25) is 0 Å². The number of rotatable bonds is 7. The summed E-state index contributed by atoms with van der Waals surface area (Å²) in [5.41, 5.74) is 0.870. The lowest BCUT2D eigenvalue weighted by Crippen LogP contribution is -2.20. The van der Waals surface area contributed by atoms with Gasteiger partial charge in [-0.25, -0.2) is 4.79 Å². The third-order valence-corrected chi connectivity index (χ3v) is 3.23. The van der Waals surface area contributed by atoms with Gasteiger partial charge in [0.15, 0.2) is 0 Å². The third kappa shape index (κ3) is 4.27. The van der Waals surface area contributed by atoms with E-state index in [0.717, 1.165) is 6.42 Å². The van der Waals surface area contributed by atoms with Gasteiger partial charge < -0.3 is 10.4 Å². The molecular weight excluding hydrogens is 242 g/mol. The van der Waals surface area contributed by atoms with E-state index in [1.165, 1.54) is 6.20 Å². The fraction of sp³-hybridized carbons (Fsp3) is 0.600. The first-order chi connectivity index (χ1) is 8.02. The molecule has 7 heteroatoms. The second kappa shape index (κ2) is 6.51. The molecule has 0 fully saturated rings. The Hall–Kier alpha value is -1.21. The van der Waals surface area contributed by atoms with Crippen LogP contribution in [0.1, 0.15) is 22.5 Å². The van der Waals surface area contributed by atoms with E-state index in [9.17, 15) is 9.00 Å². The summed E-state index contributed by atoms with van der Waals surface area (Å²) in [6, 6.07) is 0. The highest BCUT2D eigenvalue weighted by atomic mass is 32.2. The van der Waals surface area contributed by atoms with Gasteiger partial charge in [0.25, 0.3) is 0 Å². The van der Waals surface area contributed by atoms with Crippen molar-refractivity contribution >= 4 is 16.8 Å². The molecule has 0 spiro atoms. The van der Waals surface area contributed by atoms with Gasteiger partial charge in [-0.1, -0.05) is 0 Å². The van der Waals surface area contributed by atoms with Crippen molar-refractivity contribution in [3.8, 4) is 0 Å². The summed E-state index contributed by atoms with van der Waals surface area (Å²) in [6.45, 7) is 1.16. The molecule has 0 saturated carbocycles. The average molecular weight is 259 g/mol. The summed E-state index contributed by atoms with van der Waals surface area (Å²) in [6.07, 6.45) is 3.83. The fourth-order valence-corrected chi connectivity index (χ4v) is 2.01. The molecule has 0 aliphatic rings. The second-order valence-corrected chi connectivity index (χ2v) is 5.30. The first-order valence-electron chi connectivity index (χ1n) is 5.27. The predicted octanol–water partition coefficient (Wildman–Crippen LogP) is -0.0235. The topological polar surface area (TPSA) is 84.2 Å². The zero-order valence-electron chi connectivity index (χ0n) is 9.97. The number of hydrogen-bond donors (Lipinski definition) is 2. The maximum atomic E-state index is 10.9. The lowest BCUT2D eigenvalue weighted by atomic mass is 10.2. The minimum absolute atomic E-state index is 0.221. The van der Waals surface area contributed by atoms with Crippen LogP contribution in [0.5, 0.6) is 0 Å². The van der Waals surface area contributed by atoms with Gasteiger partial charge in [-0.2, -0.15) is 5.10 Å². The van der Waals surface area contributed by atoms with E-state index in [0.29, 0.717) is 24.5 Å². The highest BCUT2D eigenvalue weighted by Crippen LogP contribution is 2.06. The average Bonchev–Trinajstić information content (AvgIpc) is 2.59. The number of aromatic carboxylic acids is 1. The number of hydrogen-bond acceptors (Lipinski definition) is 4. The van der Waals surface area contributed by atoms with Gasteiger partial charge in [-0.15, -0.1) is 0 Å². The number of carbonyl (C=O) groups is 1. The molecule has 1 rings (SSSR count). The smallest absolute Gasteiger partial charge is 0.339 e. The van der Waals surface area contributed by atoms with Gasteiger partial charge in [0.1, 0.15) is 5.56 Å². The van der Waals surface area contributed by atoms with Gasteiger partial charge >= 0.3 is 5.97 Å². The highest BCUT2D eigenvalue weighted by Gasteiger charge is 2.13. The summed E-state index contributed by atoms with van der Waals surface area (Å²) < 4.78 is 12.4. The summed E-state index contributed by atoms with van der Waals surface area (Å²) >= 11 is 0. The molecule has 0 amide bonds. The standard InChI is InChI=1S/C10H17N3O3S/c1-13-9(8(6-12-13)10(14)15)7-11-4-3-5-17(2)16/h6,11H,3-5,7H2,1-2H3,(H,14,15). The molecule has 1 aromatic heterocycles. The van der Waals surface area contributed by atoms with Crippen LogP contribution in [0.25, 0.3) is 0 Å². The van der Waals surface area contributed by atoms with E-state index < -0.39 is 16.8 Å². The summed E-state index contributed by atoms with van der Waals surface area (Å²) in [5.74, 6) is -0.311. The van der Waals surface area contributed by atoms with Crippen LogP contribution in [0.3, 0.4) is 0 Å². The Morgan fingerprint density at radius 3 is 2.94 bits per heavy atom. The Morgan fingerprint density at radius 1 is 1.65 bits per heavy atom. The maximum Gasteiger partial charge on any atom is 0.339 e. The molecule has 1 atom stereocenters. The molecule has 0 saturated heterocycles. The lowest BCUT2D eigenvalue weighted by molar-refractivity contribution is 0.0695. The number of carboxylic acids is 1. The molecule has 0 aromatic carbocycles. The Labute approximate surface area is 102 Å². The van der Waals surface area contributed by atoms with Crippen molar-refractivity contribution in [3.05, 3.63) is 17.5 Å². The molecule has 1 unspecified atom stereocenters. The third-order valence-electron chi connectivity index (χ3n) is 2.37. The van der Waals surface area contributed by atoms with Crippen molar-refractivity contribution in [1.29, 1.82) is 0 Å². The molecule has 6 nitrogen and oxygen atoms in total. The van der Waals surface area contributed by atoms with Gasteiger partial charge in [0, 0.05) is 36.4 Å². The summed E-state index contributed by atoms with van der Waals surface area (Å²) in [5, 5.41) is 16.0. The van der Waals surface area contributed by atoms with Crippen LogP contribution in [0.2, 0.25) is 0 Å². The highest BCUT2D eigenvalue weighted by molar-refractivity contribution is 7.84. The van der Waals surface area contributed by atoms with Crippen LogP contribution in [-0.4, -0.2) is 43.6 Å². The summed E-state index contributed by atoms with van der Waals surface area (Å²) in [4.78, 5) is 10.9. The normalized spacial score (nSPS) is 12.6. The van der Waals surface area contributed by atoms with E-state index in [4.69, 9.17) is 5.11 Å². The molecule has 96 valence electrons. The molecule has 0 aliphatic heterocycles. The van der Waals surface area contributed by atoms with Crippen molar-refractivity contribution in [3.63, 3.8) is 0 Å². The Morgan fingerprint density at radius 2 is 2.35 bits per heavy atom. The Balaban J connectivity index is 2.43. The monoisotopic (exact) mass is 259 g/mol. The Bertz CT molecular complexity index is 417. The maximum absolute atomic E-state index is 10.9. The predicted molar refractivity (Wildman–Crippen MR) is 65.4 cm³/mol. The first kappa shape index (κ1) is 13.9. The molecule has 17 heavy (non-hydrogen) atoms. The van der Waals surface area contributed by atoms with Crippen molar-refractivity contribution in [2.45, 2.75) is 13.0 Å². The van der Waals surface area contributed by atoms with Crippen LogP contribution in [0.15, 0.2) is 6.20 Å². The molecule has 0 aliphatic carbocycles. The number of carboxylic acid groups (broad SMARTS) is 1. The number of aryl methyl sites for hydroxylation is 1. The first-order valence-corrected chi connectivity index (χ1v) is 7.00. The van der Waals surface area contributed by atoms with Gasteiger partial charge in [0.05, 0.1) is 11.9 Å². The van der Waals surface area contributed by atoms with Crippen LogP contribution in [0.4, 0.5) is 0 Å². The number of aromatic nitrogens is 2. The minimum atomic E-state index is -0.968. The van der Waals surface area contributed by atoms with Crippen LogP contribution >= 0.6 is 0 Å². The SMILES string of the molecule is Cn1ncc(C(=O)O)c1CNCCCS(C)=O. The number of nitrogens with zero attached hydrogens (tertiary/aromatic N) is 2. The van der Waals surface area contributed by atoms with Crippen LogP contribution in [0, 0.1) is 0 Å². The molecule has 2 N–H and O–H groups in total. The van der Waals surface area contributed by atoms with E-state index >= 15 is 0 Å². The van der Waals surface area contributed by atoms with E-state index in [-0.39, 0.29) is 5.56 Å². The largest absolute Gasteiger partial charge is 0.478 e. The second-order valence-electron chi connectivity index (χ2n) is 3.74. The van der Waals surface area contributed by atoms with E-state index in [1.807, 2.05) is 0 Å². The molecular formula is C10H17N3O3S. The molecule has 0 radical (unpaired) electrons.